The third kappa shape index (κ3) is 3.63. The van der Waals surface area contributed by atoms with Gasteiger partial charge >= 0.3 is 5.69 Å². The standard InChI is InChI=1S/C17H17F2N3O4/c1-10-2-4-11(5-3-10)14(24)20-13-6-7-22(16(25)21-13)15-17(18,19)8-12(9-23)26-15/h2-7,12,15,23H,8-9H2,1H3,(H,20,21,24,25). The predicted octanol–water partition coefficient (Wildman–Crippen LogP) is 1.72. The van der Waals surface area contributed by atoms with E-state index in [1.807, 2.05) is 6.92 Å². The number of hydrogen-bond donors (Lipinski definition) is 2. The molecule has 7 nitrogen and oxygen atoms in total. The highest BCUT2D eigenvalue weighted by molar-refractivity contribution is 6.03. The van der Waals surface area contributed by atoms with Crippen molar-refractivity contribution in [3.8, 4) is 0 Å². The van der Waals surface area contributed by atoms with Crippen molar-refractivity contribution in [2.24, 2.45) is 0 Å². The molecule has 0 aliphatic carbocycles. The molecule has 1 aromatic heterocycles. The zero-order valence-corrected chi connectivity index (χ0v) is 13.9. The van der Waals surface area contributed by atoms with E-state index in [-0.39, 0.29) is 5.82 Å². The normalized spacial score (nSPS) is 21.5. The molecule has 1 amide bonds. The van der Waals surface area contributed by atoms with Gasteiger partial charge in [-0.1, -0.05) is 17.7 Å². The summed E-state index contributed by atoms with van der Waals surface area (Å²) >= 11 is 0. The topological polar surface area (TPSA) is 93.5 Å². The molecule has 1 aliphatic heterocycles. The zero-order valence-electron chi connectivity index (χ0n) is 13.9. The van der Waals surface area contributed by atoms with Crippen molar-refractivity contribution in [3.05, 3.63) is 58.1 Å². The highest BCUT2D eigenvalue weighted by Gasteiger charge is 2.51. The summed E-state index contributed by atoms with van der Waals surface area (Å²) in [7, 11) is 0. The monoisotopic (exact) mass is 365 g/mol. The van der Waals surface area contributed by atoms with Gasteiger partial charge in [-0.15, -0.1) is 0 Å². The van der Waals surface area contributed by atoms with Crippen LogP contribution in [-0.4, -0.2) is 39.2 Å². The third-order valence-electron chi connectivity index (χ3n) is 4.02. The first-order valence-corrected chi connectivity index (χ1v) is 7.91. The first kappa shape index (κ1) is 18.2. The molecule has 0 saturated carbocycles. The van der Waals surface area contributed by atoms with Crippen molar-refractivity contribution in [3.63, 3.8) is 0 Å². The average Bonchev–Trinajstić information content (AvgIpc) is 2.90. The lowest BCUT2D eigenvalue weighted by Crippen LogP contribution is -2.35. The van der Waals surface area contributed by atoms with Gasteiger partial charge in [-0.25, -0.2) is 13.6 Å². The quantitative estimate of drug-likeness (QED) is 0.861. The van der Waals surface area contributed by atoms with E-state index in [4.69, 9.17) is 9.84 Å². The summed E-state index contributed by atoms with van der Waals surface area (Å²) < 4.78 is 33.6. The maximum atomic E-state index is 14.0. The zero-order chi connectivity index (χ0) is 18.9. The number of aromatic nitrogens is 2. The Hall–Kier alpha value is -2.65. The van der Waals surface area contributed by atoms with Gasteiger partial charge < -0.3 is 15.2 Å². The molecule has 2 unspecified atom stereocenters. The number of aliphatic hydroxyl groups excluding tert-OH is 1. The minimum atomic E-state index is -3.31. The van der Waals surface area contributed by atoms with Gasteiger partial charge in [-0.05, 0) is 25.1 Å². The van der Waals surface area contributed by atoms with Gasteiger partial charge in [0.25, 0.3) is 11.8 Å². The molecule has 2 aromatic rings. The number of benzene rings is 1. The van der Waals surface area contributed by atoms with Gasteiger partial charge in [0, 0.05) is 18.2 Å². The molecule has 1 aliphatic rings. The molecule has 2 atom stereocenters. The number of anilines is 1. The number of hydrogen-bond acceptors (Lipinski definition) is 5. The second kappa shape index (κ2) is 6.93. The fourth-order valence-corrected chi connectivity index (χ4v) is 2.67. The van der Waals surface area contributed by atoms with Gasteiger partial charge in [-0.3, -0.25) is 9.36 Å². The molecule has 26 heavy (non-hydrogen) atoms. The Bertz CT molecular complexity index is 867. The number of nitrogens with one attached hydrogen (secondary N) is 1. The number of carbonyl (C=O) groups is 1. The van der Waals surface area contributed by atoms with E-state index in [2.05, 4.69) is 10.3 Å². The number of aliphatic hydroxyl groups is 1. The van der Waals surface area contributed by atoms with Crippen LogP contribution in [0.1, 0.15) is 28.6 Å². The molecular formula is C17H17F2N3O4. The Morgan fingerprint density at radius 2 is 2.08 bits per heavy atom. The molecule has 0 bridgehead atoms. The highest BCUT2D eigenvalue weighted by atomic mass is 19.3. The van der Waals surface area contributed by atoms with E-state index in [0.29, 0.717) is 10.1 Å². The van der Waals surface area contributed by atoms with Crippen LogP contribution in [0, 0.1) is 6.92 Å². The first-order chi connectivity index (χ1) is 12.3. The van der Waals surface area contributed by atoms with Crippen molar-refractivity contribution in [2.45, 2.75) is 31.6 Å². The molecule has 0 spiro atoms. The van der Waals surface area contributed by atoms with Crippen molar-refractivity contribution in [1.29, 1.82) is 0 Å². The van der Waals surface area contributed by atoms with Crippen LogP contribution in [0.4, 0.5) is 14.6 Å². The van der Waals surface area contributed by atoms with Crippen molar-refractivity contribution in [1.82, 2.24) is 9.55 Å². The Morgan fingerprint density at radius 1 is 1.38 bits per heavy atom. The second-order valence-electron chi connectivity index (χ2n) is 6.08. The summed E-state index contributed by atoms with van der Waals surface area (Å²) in [6, 6.07) is 8.00. The minimum absolute atomic E-state index is 0.0585. The summed E-state index contributed by atoms with van der Waals surface area (Å²) in [5, 5.41) is 11.4. The van der Waals surface area contributed by atoms with Gasteiger partial charge in [0.15, 0.2) is 0 Å². The first-order valence-electron chi connectivity index (χ1n) is 7.91. The van der Waals surface area contributed by atoms with Crippen molar-refractivity contribution in [2.75, 3.05) is 11.9 Å². The lowest BCUT2D eigenvalue weighted by atomic mass is 10.1. The van der Waals surface area contributed by atoms with E-state index in [1.54, 1.807) is 24.3 Å². The van der Waals surface area contributed by atoms with Crippen LogP contribution in [0.2, 0.25) is 0 Å². The Labute approximate surface area is 147 Å². The van der Waals surface area contributed by atoms with Crippen molar-refractivity contribution >= 4 is 11.7 Å². The van der Waals surface area contributed by atoms with Crippen LogP contribution in [0.25, 0.3) is 0 Å². The summed E-state index contributed by atoms with van der Waals surface area (Å²) in [6.07, 6.45) is -2.50. The minimum Gasteiger partial charge on any atom is -0.394 e. The van der Waals surface area contributed by atoms with E-state index in [0.717, 1.165) is 11.8 Å². The number of nitrogens with zero attached hydrogens (tertiary/aromatic N) is 2. The van der Waals surface area contributed by atoms with E-state index in [9.17, 15) is 18.4 Å². The molecule has 3 rings (SSSR count). The number of aryl methyl sites for hydroxylation is 1. The number of ether oxygens (including phenoxy) is 1. The van der Waals surface area contributed by atoms with Crippen LogP contribution < -0.4 is 11.0 Å². The summed E-state index contributed by atoms with van der Waals surface area (Å²) in [5.41, 5.74) is 0.369. The largest absolute Gasteiger partial charge is 0.394 e. The fraction of sp³-hybridized carbons (Fsp3) is 0.353. The molecule has 2 N–H and O–H groups in total. The van der Waals surface area contributed by atoms with Crippen LogP contribution in [0.3, 0.4) is 0 Å². The van der Waals surface area contributed by atoms with Gasteiger partial charge in [0.1, 0.15) is 5.82 Å². The molecule has 2 heterocycles. The third-order valence-corrected chi connectivity index (χ3v) is 4.02. The maximum absolute atomic E-state index is 14.0. The molecular weight excluding hydrogens is 348 g/mol. The number of alkyl halides is 2. The van der Waals surface area contributed by atoms with Crippen LogP contribution in [-0.2, 0) is 4.74 Å². The lowest BCUT2D eigenvalue weighted by Gasteiger charge is -2.19. The van der Waals surface area contributed by atoms with Gasteiger partial charge in [0.05, 0.1) is 12.7 Å². The Morgan fingerprint density at radius 3 is 2.65 bits per heavy atom. The van der Waals surface area contributed by atoms with Crippen LogP contribution >= 0.6 is 0 Å². The predicted molar refractivity (Wildman–Crippen MR) is 88.2 cm³/mol. The molecule has 0 radical (unpaired) electrons. The summed E-state index contributed by atoms with van der Waals surface area (Å²) in [4.78, 5) is 27.8. The molecule has 138 valence electrons. The summed E-state index contributed by atoms with van der Waals surface area (Å²) in [6.45, 7) is 1.31. The molecule has 1 fully saturated rings. The lowest BCUT2D eigenvalue weighted by molar-refractivity contribution is -0.120. The molecule has 1 saturated heterocycles. The van der Waals surface area contributed by atoms with Crippen molar-refractivity contribution < 1.29 is 23.4 Å². The number of carbonyl (C=O) groups excluding carboxylic acids is 1. The molecule has 9 heteroatoms. The Balaban J connectivity index is 1.79. The van der Waals surface area contributed by atoms with Crippen LogP contribution in [0.15, 0.2) is 41.3 Å². The summed E-state index contributed by atoms with van der Waals surface area (Å²) in [5.74, 6) is -3.85. The van der Waals surface area contributed by atoms with E-state index >= 15 is 0 Å². The Kier molecular flexibility index (Phi) is 4.84. The van der Waals surface area contributed by atoms with Crippen LogP contribution in [0.5, 0.6) is 0 Å². The average molecular weight is 365 g/mol. The number of halogens is 2. The maximum Gasteiger partial charge on any atom is 0.351 e. The number of amides is 1. The fourth-order valence-electron chi connectivity index (χ4n) is 2.67. The van der Waals surface area contributed by atoms with E-state index < -0.39 is 42.9 Å². The van der Waals surface area contributed by atoms with E-state index in [1.165, 1.54) is 6.07 Å². The molecule has 1 aromatic carbocycles. The number of rotatable bonds is 4. The van der Waals surface area contributed by atoms with Gasteiger partial charge in [-0.2, -0.15) is 4.98 Å². The second-order valence-corrected chi connectivity index (χ2v) is 6.08. The smallest absolute Gasteiger partial charge is 0.351 e. The SMILES string of the molecule is Cc1ccc(C(=O)Nc2ccn(C3OC(CO)CC3(F)F)c(=O)n2)cc1. The van der Waals surface area contributed by atoms with Gasteiger partial charge in [0.2, 0.25) is 6.23 Å². The highest BCUT2D eigenvalue weighted by Crippen LogP contribution is 2.41.